The number of hydrogen-bond donors (Lipinski definition) is 1. The van der Waals surface area contributed by atoms with Crippen LogP contribution in [0.2, 0.25) is 0 Å². The van der Waals surface area contributed by atoms with Gasteiger partial charge in [0.05, 0.1) is 36.7 Å². The summed E-state index contributed by atoms with van der Waals surface area (Å²) in [7, 11) is -1.31. The minimum absolute atomic E-state index is 0.0648. The molecule has 16 heteroatoms. The molecule has 0 atom stereocenters. The van der Waals surface area contributed by atoms with E-state index in [1.807, 2.05) is 0 Å². The molecule has 0 aliphatic heterocycles. The highest BCUT2D eigenvalue weighted by atomic mass is 32.2. The summed E-state index contributed by atoms with van der Waals surface area (Å²) in [5.41, 5.74) is -0.318. The van der Waals surface area contributed by atoms with Gasteiger partial charge in [0.15, 0.2) is 17.3 Å². The second-order valence-corrected chi connectivity index (χ2v) is 11.0. The fraction of sp³-hybridized carbons (Fsp3) is 0.250. The molecule has 44 heavy (non-hydrogen) atoms. The predicted octanol–water partition coefficient (Wildman–Crippen LogP) is 5.54. The molecule has 0 spiro atoms. The molecule has 0 amide bonds. The van der Waals surface area contributed by atoms with Gasteiger partial charge >= 0.3 is 6.18 Å². The SMILES string of the molecule is COc1ccc(CNc2nc3c(F)cc(F)cc3c3nc(CCCOS(=O)(=O)c4ccc(C(F)(F)F)cc4)nn23)c(OC)c1. The highest BCUT2D eigenvalue weighted by Crippen LogP contribution is 2.30. The summed E-state index contributed by atoms with van der Waals surface area (Å²) in [5.74, 6) is -0.348. The van der Waals surface area contributed by atoms with Crippen LogP contribution in [-0.4, -0.2) is 48.8 Å². The Bertz CT molecular complexity index is 1930. The van der Waals surface area contributed by atoms with Crippen LogP contribution in [-0.2, 0) is 33.4 Å². The zero-order valence-corrected chi connectivity index (χ0v) is 24.0. The normalized spacial score (nSPS) is 12.2. The third-order valence-corrected chi connectivity index (χ3v) is 7.85. The van der Waals surface area contributed by atoms with Gasteiger partial charge in [0.1, 0.15) is 22.8 Å². The van der Waals surface area contributed by atoms with Gasteiger partial charge in [0.2, 0.25) is 5.95 Å². The Hall–Kier alpha value is -4.57. The number of methoxy groups -OCH3 is 2. The van der Waals surface area contributed by atoms with Gasteiger partial charge < -0.3 is 14.8 Å². The number of benzene rings is 3. The Labute approximate surface area is 247 Å². The smallest absolute Gasteiger partial charge is 0.416 e. The van der Waals surface area contributed by atoms with Crippen LogP contribution in [0, 0.1) is 11.6 Å². The van der Waals surface area contributed by atoms with E-state index in [9.17, 15) is 30.4 Å². The number of halogens is 5. The fourth-order valence-corrected chi connectivity index (χ4v) is 5.29. The average molecular weight is 638 g/mol. The minimum atomic E-state index is -4.61. The van der Waals surface area contributed by atoms with Gasteiger partial charge in [-0.3, -0.25) is 4.18 Å². The van der Waals surface area contributed by atoms with Gasteiger partial charge in [-0.05, 0) is 48.9 Å². The molecular weight excluding hydrogens is 613 g/mol. The number of anilines is 1. The third kappa shape index (κ3) is 6.50. The predicted molar refractivity (Wildman–Crippen MR) is 148 cm³/mol. The van der Waals surface area contributed by atoms with E-state index in [2.05, 4.69) is 20.4 Å². The molecule has 3 aromatic carbocycles. The highest BCUT2D eigenvalue weighted by molar-refractivity contribution is 7.86. The Morgan fingerprint density at radius 2 is 1.70 bits per heavy atom. The summed E-state index contributed by atoms with van der Waals surface area (Å²) in [6, 6.07) is 9.90. The molecule has 2 aromatic heterocycles. The Morgan fingerprint density at radius 3 is 2.39 bits per heavy atom. The molecule has 0 saturated heterocycles. The molecule has 0 unspecified atom stereocenters. The van der Waals surface area contributed by atoms with Gasteiger partial charge in [-0.25, -0.2) is 18.7 Å². The Kier molecular flexibility index (Phi) is 8.56. The van der Waals surface area contributed by atoms with Crippen LogP contribution in [0.25, 0.3) is 16.6 Å². The number of fused-ring (bicyclic) bond motifs is 3. The zero-order valence-electron chi connectivity index (χ0n) is 23.2. The van der Waals surface area contributed by atoms with Crippen molar-refractivity contribution in [2.24, 2.45) is 0 Å². The van der Waals surface area contributed by atoms with Crippen LogP contribution < -0.4 is 14.8 Å². The number of hydrogen-bond acceptors (Lipinski definition) is 9. The minimum Gasteiger partial charge on any atom is -0.497 e. The summed E-state index contributed by atoms with van der Waals surface area (Å²) < 4.78 is 109. The van der Waals surface area contributed by atoms with E-state index >= 15 is 0 Å². The van der Waals surface area contributed by atoms with Crippen molar-refractivity contribution < 1.29 is 44.0 Å². The van der Waals surface area contributed by atoms with Crippen LogP contribution in [0.5, 0.6) is 11.5 Å². The summed E-state index contributed by atoms with van der Waals surface area (Å²) in [4.78, 5) is 8.29. The van der Waals surface area contributed by atoms with Crippen molar-refractivity contribution in [3.63, 3.8) is 0 Å². The lowest BCUT2D eigenvalue weighted by atomic mass is 10.2. The van der Waals surface area contributed by atoms with Gasteiger partial charge in [-0.15, -0.1) is 5.10 Å². The lowest BCUT2D eigenvalue weighted by molar-refractivity contribution is -0.137. The monoisotopic (exact) mass is 637 g/mol. The van der Waals surface area contributed by atoms with Crippen LogP contribution in [0.3, 0.4) is 0 Å². The summed E-state index contributed by atoms with van der Waals surface area (Å²) in [6.07, 6.45) is -4.42. The lowest BCUT2D eigenvalue weighted by Crippen LogP contribution is -2.10. The zero-order chi connectivity index (χ0) is 31.6. The standard InChI is InChI=1S/C28H24F5N5O5S/c1-41-19-8-5-16(23(14-19)42-2)15-34-27-36-25-21(12-18(29)13-22(25)30)26-35-24(37-38(26)27)4-3-11-43-44(39,40)20-9-6-17(7-10-20)28(31,32)33/h5-10,12-14H,3-4,11,15H2,1-2H3,(H,34,36). The van der Waals surface area contributed by atoms with Crippen molar-refractivity contribution in [2.45, 2.75) is 30.5 Å². The maximum absolute atomic E-state index is 14.8. The molecule has 0 aliphatic rings. The molecule has 0 radical (unpaired) electrons. The molecule has 232 valence electrons. The molecular formula is C28H24F5N5O5S. The van der Waals surface area contributed by atoms with Crippen molar-refractivity contribution in [3.8, 4) is 11.5 Å². The van der Waals surface area contributed by atoms with Crippen molar-refractivity contribution in [2.75, 3.05) is 26.1 Å². The molecule has 5 rings (SSSR count). The van der Waals surface area contributed by atoms with E-state index in [-0.39, 0.29) is 54.3 Å². The van der Waals surface area contributed by atoms with Gasteiger partial charge in [-0.1, -0.05) is 0 Å². The largest absolute Gasteiger partial charge is 0.497 e. The molecule has 5 aromatic rings. The summed E-state index contributed by atoms with van der Waals surface area (Å²) in [5, 5.41) is 7.54. The molecule has 0 fully saturated rings. The van der Waals surface area contributed by atoms with E-state index in [1.165, 1.54) is 18.7 Å². The first-order valence-electron chi connectivity index (χ1n) is 13.0. The van der Waals surface area contributed by atoms with Gasteiger partial charge in [-0.2, -0.15) is 26.1 Å². The van der Waals surface area contributed by atoms with Crippen molar-refractivity contribution >= 4 is 32.6 Å². The molecule has 10 nitrogen and oxygen atoms in total. The van der Waals surface area contributed by atoms with E-state index in [0.29, 0.717) is 29.7 Å². The van der Waals surface area contributed by atoms with Crippen LogP contribution in [0.4, 0.5) is 27.9 Å². The van der Waals surface area contributed by atoms with Crippen molar-refractivity contribution in [1.82, 2.24) is 19.6 Å². The van der Waals surface area contributed by atoms with E-state index in [1.54, 1.807) is 18.2 Å². The van der Waals surface area contributed by atoms with E-state index in [4.69, 9.17) is 13.7 Å². The summed E-state index contributed by atoms with van der Waals surface area (Å²) >= 11 is 0. The molecule has 0 bridgehead atoms. The highest BCUT2D eigenvalue weighted by Gasteiger charge is 2.30. The number of ether oxygens (including phenoxy) is 2. The van der Waals surface area contributed by atoms with Crippen LogP contribution in [0.15, 0.2) is 59.5 Å². The Morgan fingerprint density at radius 1 is 0.955 bits per heavy atom. The molecule has 1 N–H and O–H groups in total. The van der Waals surface area contributed by atoms with Crippen LogP contribution >= 0.6 is 0 Å². The van der Waals surface area contributed by atoms with Gasteiger partial charge in [0, 0.05) is 30.7 Å². The van der Waals surface area contributed by atoms with Crippen molar-refractivity contribution in [3.05, 3.63) is 83.2 Å². The topological polar surface area (TPSA) is 117 Å². The fourth-order valence-electron chi connectivity index (χ4n) is 4.35. The Balaban J connectivity index is 1.36. The second kappa shape index (κ2) is 12.2. The van der Waals surface area contributed by atoms with E-state index < -0.39 is 38.4 Å². The first-order valence-corrected chi connectivity index (χ1v) is 14.4. The number of alkyl halides is 3. The number of rotatable bonds is 11. The maximum Gasteiger partial charge on any atom is 0.416 e. The average Bonchev–Trinajstić information content (AvgIpc) is 3.43. The molecule has 2 heterocycles. The lowest BCUT2D eigenvalue weighted by Gasteiger charge is -2.13. The number of aromatic nitrogens is 4. The maximum atomic E-state index is 14.8. The number of nitrogens with zero attached hydrogens (tertiary/aromatic N) is 4. The number of nitrogens with one attached hydrogen (secondary N) is 1. The molecule has 0 aliphatic carbocycles. The van der Waals surface area contributed by atoms with E-state index in [0.717, 1.165) is 23.8 Å². The molecule has 0 saturated carbocycles. The third-order valence-electron chi connectivity index (χ3n) is 6.52. The second-order valence-electron chi connectivity index (χ2n) is 9.42. The summed E-state index contributed by atoms with van der Waals surface area (Å²) in [6.45, 7) is -0.155. The first-order chi connectivity index (χ1) is 20.9. The number of aryl methyl sites for hydroxylation is 1. The quantitative estimate of drug-likeness (QED) is 0.113. The van der Waals surface area contributed by atoms with Crippen LogP contribution in [0.1, 0.15) is 23.4 Å². The van der Waals surface area contributed by atoms with Crippen molar-refractivity contribution in [1.29, 1.82) is 0 Å². The van der Waals surface area contributed by atoms with Gasteiger partial charge in [0.25, 0.3) is 10.1 Å². The first kappa shape index (κ1) is 30.9.